The summed E-state index contributed by atoms with van der Waals surface area (Å²) in [7, 11) is 0. The van der Waals surface area contributed by atoms with Gasteiger partial charge in [0.05, 0.1) is 6.61 Å². The molecule has 0 amide bonds. The minimum Gasteiger partial charge on any atom is -0.390 e. The molecule has 2 aromatic carbocycles. The molecular weight excluding hydrogens is 276 g/mol. The van der Waals surface area contributed by atoms with Crippen LogP contribution < -0.4 is 0 Å². The Morgan fingerprint density at radius 2 is 1.71 bits per heavy atom. The van der Waals surface area contributed by atoms with Crippen LogP contribution >= 0.6 is 0 Å². The van der Waals surface area contributed by atoms with Crippen molar-refractivity contribution in [2.45, 2.75) is 6.61 Å². The van der Waals surface area contributed by atoms with Crippen molar-refractivity contribution in [1.82, 2.24) is 15.0 Å². The lowest BCUT2D eigenvalue weighted by molar-refractivity contribution is 0.277. The van der Waals surface area contributed by atoms with E-state index in [1.807, 2.05) is 0 Å². The van der Waals surface area contributed by atoms with E-state index in [1.165, 1.54) is 35.0 Å². The number of aliphatic hydroxyl groups is 1. The van der Waals surface area contributed by atoms with Gasteiger partial charge < -0.3 is 5.11 Å². The van der Waals surface area contributed by atoms with Gasteiger partial charge in [-0.05, 0) is 36.4 Å². The Balaban J connectivity index is 2.22. The van der Waals surface area contributed by atoms with Gasteiger partial charge in [0.25, 0.3) is 0 Å². The number of halogens is 2. The fourth-order valence-electron chi connectivity index (χ4n) is 2.11. The number of nitrogens with zero attached hydrogens (tertiary/aromatic N) is 3. The van der Waals surface area contributed by atoms with Crippen molar-refractivity contribution in [3.8, 4) is 16.9 Å². The molecule has 21 heavy (non-hydrogen) atoms. The number of rotatable bonds is 3. The lowest BCUT2D eigenvalue weighted by atomic mass is 10.1. The molecule has 0 radical (unpaired) electrons. The average molecular weight is 287 g/mol. The van der Waals surface area contributed by atoms with E-state index >= 15 is 0 Å². The van der Waals surface area contributed by atoms with E-state index < -0.39 is 5.82 Å². The minimum atomic E-state index is -0.463. The van der Waals surface area contributed by atoms with Crippen LogP contribution in [0.1, 0.15) is 5.69 Å². The Bertz CT molecular complexity index is 769. The highest BCUT2D eigenvalue weighted by molar-refractivity contribution is 5.64. The third-order valence-corrected chi connectivity index (χ3v) is 3.09. The number of aliphatic hydroxyl groups excluding tert-OH is 1. The number of aromatic nitrogens is 3. The van der Waals surface area contributed by atoms with Crippen molar-refractivity contribution in [2.24, 2.45) is 0 Å². The predicted molar refractivity (Wildman–Crippen MR) is 72.6 cm³/mol. The number of hydrogen-bond acceptors (Lipinski definition) is 3. The zero-order valence-electron chi connectivity index (χ0n) is 10.9. The first-order valence-electron chi connectivity index (χ1n) is 6.27. The summed E-state index contributed by atoms with van der Waals surface area (Å²) in [5, 5.41) is 17.1. The largest absolute Gasteiger partial charge is 0.390 e. The lowest BCUT2D eigenvalue weighted by Gasteiger charge is -2.08. The van der Waals surface area contributed by atoms with E-state index in [0.29, 0.717) is 17.0 Å². The maximum absolute atomic E-state index is 13.9. The topological polar surface area (TPSA) is 50.9 Å². The molecule has 0 unspecified atom stereocenters. The summed E-state index contributed by atoms with van der Waals surface area (Å²) in [6.45, 7) is -0.346. The van der Waals surface area contributed by atoms with Crippen molar-refractivity contribution < 1.29 is 13.9 Å². The molecule has 3 aromatic rings. The van der Waals surface area contributed by atoms with Crippen LogP contribution in [-0.4, -0.2) is 20.1 Å². The summed E-state index contributed by atoms with van der Waals surface area (Å²) in [6, 6.07) is 11.7. The number of benzene rings is 2. The van der Waals surface area contributed by atoms with Crippen LogP contribution in [0.3, 0.4) is 0 Å². The minimum absolute atomic E-state index is 0.212. The second kappa shape index (κ2) is 5.41. The van der Waals surface area contributed by atoms with Crippen LogP contribution in [0.2, 0.25) is 0 Å². The van der Waals surface area contributed by atoms with Crippen molar-refractivity contribution in [2.75, 3.05) is 0 Å². The summed E-state index contributed by atoms with van der Waals surface area (Å²) in [6.07, 6.45) is 0. The highest BCUT2D eigenvalue weighted by Crippen LogP contribution is 2.26. The van der Waals surface area contributed by atoms with Crippen molar-refractivity contribution >= 4 is 0 Å². The van der Waals surface area contributed by atoms with Gasteiger partial charge in [-0.1, -0.05) is 17.3 Å². The first kappa shape index (κ1) is 13.4. The van der Waals surface area contributed by atoms with E-state index in [2.05, 4.69) is 10.3 Å². The van der Waals surface area contributed by atoms with Gasteiger partial charge in [-0.3, -0.25) is 0 Å². The zero-order valence-corrected chi connectivity index (χ0v) is 10.9. The highest BCUT2D eigenvalue weighted by Gasteiger charge is 2.17. The second-order valence-electron chi connectivity index (χ2n) is 4.41. The normalized spacial score (nSPS) is 10.8. The molecule has 0 aliphatic rings. The van der Waals surface area contributed by atoms with Crippen LogP contribution in [-0.2, 0) is 6.61 Å². The molecule has 1 heterocycles. The Morgan fingerprint density at radius 3 is 2.38 bits per heavy atom. The zero-order chi connectivity index (χ0) is 14.8. The van der Waals surface area contributed by atoms with Crippen LogP contribution in [0.15, 0.2) is 48.5 Å². The molecule has 0 saturated heterocycles. The molecule has 1 aromatic heterocycles. The van der Waals surface area contributed by atoms with E-state index in [-0.39, 0.29) is 18.1 Å². The molecular formula is C15H11F2N3O. The monoisotopic (exact) mass is 287 g/mol. The van der Waals surface area contributed by atoms with Crippen LogP contribution in [0.4, 0.5) is 8.78 Å². The van der Waals surface area contributed by atoms with Gasteiger partial charge in [0.2, 0.25) is 0 Å². The number of hydrogen-bond donors (Lipinski definition) is 1. The smallest absolute Gasteiger partial charge is 0.148 e. The van der Waals surface area contributed by atoms with Gasteiger partial charge in [-0.25, -0.2) is 13.5 Å². The van der Waals surface area contributed by atoms with Gasteiger partial charge in [0, 0.05) is 5.56 Å². The summed E-state index contributed by atoms with van der Waals surface area (Å²) in [5.74, 6) is -0.843. The van der Waals surface area contributed by atoms with Gasteiger partial charge in [-0.2, -0.15) is 0 Å². The molecule has 0 spiro atoms. The molecule has 0 atom stereocenters. The first-order chi connectivity index (χ1) is 10.2. The average Bonchev–Trinajstić information content (AvgIpc) is 2.92. The Labute approximate surface area is 119 Å². The lowest BCUT2D eigenvalue weighted by Crippen LogP contribution is -2.02. The Morgan fingerprint density at radius 1 is 1.00 bits per heavy atom. The van der Waals surface area contributed by atoms with E-state index in [0.717, 1.165) is 0 Å². The molecule has 0 saturated carbocycles. The quantitative estimate of drug-likeness (QED) is 0.805. The molecule has 1 N–H and O–H groups in total. The Kier molecular flexibility index (Phi) is 3.45. The first-order valence-corrected chi connectivity index (χ1v) is 6.27. The summed E-state index contributed by atoms with van der Waals surface area (Å²) in [5.41, 5.74) is 1.53. The van der Waals surface area contributed by atoms with E-state index in [1.54, 1.807) is 18.2 Å². The van der Waals surface area contributed by atoms with Crippen molar-refractivity contribution in [3.05, 3.63) is 65.9 Å². The van der Waals surface area contributed by atoms with Gasteiger partial charge >= 0.3 is 0 Å². The molecule has 0 bridgehead atoms. The van der Waals surface area contributed by atoms with Gasteiger partial charge in [0.15, 0.2) is 0 Å². The molecule has 0 fully saturated rings. The molecule has 106 valence electrons. The van der Waals surface area contributed by atoms with E-state index in [4.69, 9.17) is 0 Å². The summed E-state index contributed by atoms with van der Waals surface area (Å²) < 4.78 is 28.3. The summed E-state index contributed by atoms with van der Waals surface area (Å²) in [4.78, 5) is 0. The molecule has 4 nitrogen and oxygen atoms in total. The maximum Gasteiger partial charge on any atom is 0.148 e. The molecule has 0 aliphatic heterocycles. The van der Waals surface area contributed by atoms with Crippen LogP contribution in [0.25, 0.3) is 16.9 Å². The van der Waals surface area contributed by atoms with Crippen LogP contribution in [0.5, 0.6) is 0 Å². The maximum atomic E-state index is 13.9. The van der Waals surface area contributed by atoms with Crippen LogP contribution in [0, 0.1) is 11.6 Å². The standard InChI is InChI=1S/C15H11F2N3O/c16-11-7-5-10(6-8-11)15-13(9-21)18-19-20(15)14-4-2-1-3-12(14)17/h1-8,21H,9H2. The Hall–Kier alpha value is -2.60. The molecule has 0 aliphatic carbocycles. The predicted octanol–water partition coefficient (Wildman–Crippen LogP) is 2.70. The van der Waals surface area contributed by atoms with Gasteiger partial charge in [0.1, 0.15) is 28.7 Å². The van der Waals surface area contributed by atoms with E-state index in [9.17, 15) is 13.9 Å². The van der Waals surface area contributed by atoms with Crippen molar-refractivity contribution in [3.63, 3.8) is 0 Å². The second-order valence-corrected chi connectivity index (χ2v) is 4.41. The van der Waals surface area contributed by atoms with Crippen molar-refractivity contribution in [1.29, 1.82) is 0 Å². The third kappa shape index (κ3) is 2.41. The van der Waals surface area contributed by atoms with Gasteiger partial charge in [-0.15, -0.1) is 5.10 Å². The fourth-order valence-corrected chi connectivity index (χ4v) is 2.11. The highest BCUT2D eigenvalue weighted by atomic mass is 19.1. The number of para-hydroxylation sites is 1. The SMILES string of the molecule is OCc1nnn(-c2ccccc2F)c1-c1ccc(F)cc1. The summed E-state index contributed by atoms with van der Waals surface area (Å²) >= 11 is 0. The molecule has 6 heteroatoms. The fraction of sp³-hybridized carbons (Fsp3) is 0.0667. The molecule has 3 rings (SSSR count). The third-order valence-electron chi connectivity index (χ3n) is 3.09.